The molecule has 0 fully saturated rings. The Balaban J connectivity index is 2.04. The summed E-state index contributed by atoms with van der Waals surface area (Å²) in [5.74, 6) is 0.0306. The second-order valence-electron chi connectivity index (χ2n) is 4.85. The maximum absolute atomic E-state index is 12.7. The van der Waals surface area contributed by atoms with Crippen molar-refractivity contribution in [2.45, 2.75) is 6.18 Å². The fourth-order valence-corrected chi connectivity index (χ4v) is 2.28. The predicted molar refractivity (Wildman–Crippen MR) is 77.5 cm³/mol. The highest BCUT2D eigenvalue weighted by Gasteiger charge is 2.33. The third-order valence-corrected chi connectivity index (χ3v) is 3.41. The number of nitrogens with zero attached hydrogens (tertiary/aromatic N) is 1. The van der Waals surface area contributed by atoms with Crippen LogP contribution < -0.4 is 4.74 Å². The van der Waals surface area contributed by atoms with Crippen molar-refractivity contribution in [2.24, 2.45) is 0 Å². The summed E-state index contributed by atoms with van der Waals surface area (Å²) in [6, 6.07) is 8.31. The number of pyridine rings is 1. The van der Waals surface area contributed by atoms with E-state index in [2.05, 4.69) is 9.97 Å². The molecular formula is C16H11F3N2O2. The zero-order chi connectivity index (χ0) is 16.6. The lowest BCUT2D eigenvalue weighted by Gasteiger charge is -2.07. The van der Waals surface area contributed by atoms with Gasteiger partial charge in [0.05, 0.1) is 7.11 Å². The lowest BCUT2D eigenvalue weighted by atomic mass is 10.1. The van der Waals surface area contributed by atoms with Gasteiger partial charge in [0, 0.05) is 28.7 Å². The quantitative estimate of drug-likeness (QED) is 0.746. The highest BCUT2D eigenvalue weighted by Crippen LogP contribution is 2.29. The van der Waals surface area contributed by atoms with E-state index in [-0.39, 0.29) is 11.3 Å². The van der Waals surface area contributed by atoms with E-state index in [0.717, 1.165) is 6.07 Å². The number of methoxy groups -OCH3 is 1. The molecule has 0 saturated carbocycles. The van der Waals surface area contributed by atoms with Crippen LogP contribution in [0.4, 0.5) is 13.2 Å². The number of hydrogen-bond acceptors (Lipinski definition) is 3. The molecule has 0 atom stereocenters. The number of benzene rings is 1. The summed E-state index contributed by atoms with van der Waals surface area (Å²) >= 11 is 0. The first-order valence-corrected chi connectivity index (χ1v) is 6.64. The van der Waals surface area contributed by atoms with E-state index in [9.17, 15) is 18.0 Å². The van der Waals surface area contributed by atoms with Crippen LogP contribution in [0.3, 0.4) is 0 Å². The van der Waals surface area contributed by atoms with Crippen molar-refractivity contribution >= 4 is 16.7 Å². The van der Waals surface area contributed by atoms with Crippen LogP contribution in [0.15, 0.2) is 42.6 Å². The van der Waals surface area contributed by atoms with Crippen LogP contribution >= 0.6 is 0 Å². The standard InChI is InChI=1S/C16H11F3N2O2/c1-23-9-5-6-10-11(8-20-13(10)7-9)15(22)12-3-2-4-14(21-12)16(17,18)19/h2-8,20H,1H3. The van der Waals surface area contributed by atoms with E-state index >= 15 is 0 Å². The average molecular weight is 320 g/mol. The molecule has 2 heterocycles. The molecule has 0 unspecified atom stereocenters. The van der Waals surface area contributed by atoms with Crippen molar-refractivity contribution in [3.8, 4) is 5.75 Å². The molecule has 23 heavy (non-hydrogen) atoms. The normalized spacial score (nSPS) is 11.7. The molecule has 0 aliphatic heterocycles. The molecule has 0 spiro atoms. The van der Waals surface area contributed by atoms with Gasteiger partial charge in [-0.15, -0.1) is 0 Å². The molecule has 0 saturated heterocycles. The van der Waals surface area contributed by atoms with Crippen LogP contribution in [0.5, 0.6) is 5.75 Å². The van der Waals surface area contributed by atoms with Gasteiger partial charge in [0.1, 0.15) is 17.1 Å². The van der Waals surface area contributed by atoms with Crippen LogP contribution in [-0.4, -0.2) is 22.9 Å². The van der Waals surface area contributed by atoms with Crippen LogP contribution in [0.25, 0.3) is 10.9 Å². The summed E-state index contributed by atoms with van der Waals surface area (Å²) in [6.07, 6.45) is -3.14. The van der Waals surface area contributed by atoms with E-state index in [1.54, 1.807) is 18.2 Å². The maximum atomic E-state index is 12.7. The van der Waals surface area contributed by atoms with Crippen LogP contribution in [-0.2, 0) is 6.18 Å². The van der Waals surface area contributed by atoms with Crippen molar-refractivity contribution in [1.29, 1.82) is 0 Å². The minimum absolute atomic E-state index is 0.253. The highest BCUT2D eigenvalue weighted by molar-refractivity contribution is 6.15. The highest BCUT2D eigenvalue weighted by atomic mass is 19.4. The van der Waals surface area contributed by atoms with Gasteiger partial charge >= 0.3 is 6.18 Å². The Morgan fingerprint density at radius 2 is 2.00 bits per heavy atom. The Morgan fingerprint density at radius 1 is 1.22 bits per heavy atom. The third kappa shape index (κ3) is 2.77. The van der Waals surface area contributed by atoms with Gasteiger partial charge in [0.15, 0.2) is 0 Å². The number of aromatic amines is 1. The molecule has 118 valence electrons. The molecule has 7 heteroatoms. The molecule has 0 amide bonds. The third-order valence-electron chi connectivity index (χ3n) is 3.41. The van der Waals surface area contributed by atoms with E-state index in [4.69, 9.17) is 4.74 Å². The number of carbonyl (C=O) groups is 1. The number of alkyl halides is 3. The van der Waals surface area contributed by atoms with Crippen molar-refractivity contribution in [2.75, 3.05) is 7.11 Å². The lowest BCUT2D eigenvalue weighted by molar-refractivity contribution is -0.141. The summed E-state index contributed by atoms with van der Waals surface area (Å²) in [7, 11) is 1.52. The van der Waals surface area contributed by atoms with Gasteiger partial charge in [0.2, 0.25) is 5.78 Å². The molecule has 0 bridgehead atoms. The number of ether oxygens (including phenoxy) is 1. The Bertz CT molecular complexity index is 884. The second-order valence-corrected chi connectivity index (χ2v) is 4.85. The molecular weight excluding hydrogens is 309 g/mol. The number of nitrogens with one attached hydrogen (secondary N) is 1. The van der Waals surface area contributed by atoms with Crippen LogP contribution in [0, 0.1) is 0 Å². The Kier molecular flexibility index (Phi) is 3.55. The number of H-pyrrole nitrogens is 1. The Hall–Kier alpha value is -2.83. The monoisotopic (exact) mass is 320 g/mol. The molecule has 0 aliphatic carbocycles. The summed E-state index contributed by atoms with van der Waals surface area (Å²) in [6.45, 7) is 0. The Morgan fingerprint density at radius 3 is 2.70 bits per heavy atom. The van der Waals surface area contributed by atoms with Crippen molar-refractivity contribution in [3.63, 3.8) is 0 Å². The largest absolute Gasteiger partial charge is 0.497 e. The van der Waals surface area contributed by atoms with Crippen LogP contribution in [0.2, 0.25) is 0 Å². The number of rotatable bonds is 3. The number of halogens is 3. The number of carbonyl (C=O) groups excluding carboxylic acids is 1. The summed E-state index contributed by atoms with van der Waals surface area (Å²) in [5.41, 5.74) is -0.435. The maximum Gasteiger partial charge on any atom is 0.433 e. The van der Waals surface area contributed by atoms with Crippen molar-refractivity contribution in [1.82, 2.24) is 9.97 Å². The van der Waals surface area contributed by atoms with Crippen molar-refractivity contribution < 1.29 is 22.7 Å². The fraction of sp³-hybridized carbons (Fsp3) is 0.125. The van der Waals surface area contributed by atoms with Gasteiger partial charge in [0.25, 0.3) is 0 Å². The Labute approximate surface area is 128 Å². The molecule has 3 rings (SSSR count). The van der Waals surface area contributed by atoms with Gasteiger partial charge in [-0.25, -0.2) is 4.98 Å². The lowest BCUT2D eigenvalue weighted by Crippen LogP contribution is -2.12. The summed E-state index contributed by atoms with van der Waals surface area (Å²) in [4.78, 5) is 18.8. The second kappa shape index (κ2) is 5.42. The van der Waals surface area contributed by atoms with E-state index < -0.39 is 17.7 Å². The molecule has 0 radical (unpaired) electrons. The van der Waals surface area contributed by atoms with Gasteiger partial charge in [-0.2, -0.15) is 13.2 Å². The van der Waals surface area contributed by atoms with Gasteiger partial charge in [-0.3, -0.25) is 4.79 Å². The summed E-state index contributed by atoms with van der Waals surface area (Å²) in [5, 5.41) is 0.593. The van der Waals surface area contributed by atoms with Crippen LogP contribution in [0.1, 0.15) is 21.7 Å². The molecule has 2 aromatic heterocycles. The number of fused-ring (bicyclic) bond motifs is 1. The molecule has 3 aromatic rings. The van der Waals surface area contributed by atoms with Crippen molar-refractivity contribution in [3.05, 3.63) is 59.5 Å². The topological polar surface area (TPSA) is 55.0 Å². The SMILES string of the molecule is COc1ccc2c(C(=O)c3cccc(C(F)(F)F)n3)c[nH]c2c1. The number of aromatic nitrogens is 2. The first kappa shape index (κ1) is 15.1. The summed E-state index contributed by atoms with van der Waals surface area (Å²) < 4.78 is 43.2. The molecule has 1 aromatic carbocycles. The molecule has 0 aliphatic rings. The first-order chi connectivity index (χ1) is 10.9. The van der Waals surface area contributed by atoms with Gasteiger partial charge < -0.3 is 9.72 Å². The van der Waals surface area contributed by atoms with E-state index in [1.807, 2.05) is 0 Å². The number of hydrogen-bond donors (Lipinski definition) is 1. The minimum atomic E-state index is -4.59. The predicted octanol–water partition coefficient (Wildman–Crippen LogP) is 3.82. The fourth-order valence-electron chi connectivity index (χ4n) is 2.28. The molecule has 4 nitrogen and oxygen atoms in total. The smallest absolute Gasteiger partial charge is 0.433 e. The average Bonchev–Trinajstić information content (AvgIpc) is 2.96. The molecule has 1 N–H and O–H groups in total. The van der Waals surface area contributed by atoms with E-state index in [0.29, 0.717) is 16.7 Å². The van der Waals surface area contributed by atoms with E-state index in [1.165, 1.54) is 25.4 Å². The van der Waals surface area contributed by atoms with Gasteiger partial charge in [-0.1, -0.05) is 6.07 Å². The number of ketones is 1. The first-order valence-electron chi connectivity index (χ1n) is 6.64. The zero-order valence-corrected chi connectivity index (χ0v) is 11.9. The van der Waals surface area contributed by atoms with Gasteiger partial charge in [-0.05, 0) is 24.3 Å². The zero-order valence-electron chi connectivity index (χ0n) is 11.9. The minimum Gasteiger partial charge on any atom is -0.497 e.